The Morgan fingerprint density at radius 3 is 2.60 bits per heavy atom. The van der Waals surface area contributed by atoms with Gasteiger partial charge in [-0.15, -0.1) is 11.6 Å². The highest BCUT2D eigenvalue weighted by molar-refractivity contribution is 6.37. The molecule has 0 heterocycles. The number of rotatable bonds is 3. The molecule has 1 rings (SSSR count). The van der Waals surface area contributed by atoms with Gasteiger partial charge in [-0.2, -0.15) is 0 Å². The van der Waals surface area contributed by atoms with Crippen LogP contribution in [0.2, 0.25) is 10.0 Å². The zero-order valence-electron chi connectivity index (χ0n) is 7.93. The van der Waals surface area contributed by atoms with Crippen LogP contribution in [0.5, 0.6) is 5.75 Å². The Kier molecular flexibility index (Phi) is 4.51. The molecule has 0 unspecified atom stereocenters. The van der Waals surface area contributed by atoms with Crippen LogP contribution >= 0.6 is 34.8 Å². The number of nitrogens with two attached hydrogens (primary N) is 1. The van der Waals surface area contributed by atoms with Crippen molar-refractivity contribution in [1.29, 1.82) is 0 Å². The molecule has 0 aliphatic heterocycles. The molecule has 0 fully saturated rings. The minimum absolute atomic E-state index is 0.140. The van der Waals surface area contributed by atoms with E-state index in [9.17, 15) is 0 Å². The van der Waals surface area contributed by atoms with Gasteiger partial charge in [-0.1, -0.05) is 23.2 Å². The molecule has 6 heteroatoms. The Morgan fingerprint density at radius 2 is 2.07 bits per heavy atom. The molecular weight excluding hydrogens is 258 g/mol. The molecule has 82 valence electrons. The molecule has 0 aromatic heterocycles. The first-order chi connectivity index (χ1) is 7.08. The van der Waals surface area contributed by atoms with E-state index in [1.165, 1.54) is 7.11 Å². The normalized spacial score (nSPS) is 11.6. The van der Waals surface area contributed by atoms with Gasteiger partial charge >= 0.3 is 0 Å². The molecule has 0 aliphatic carbocycles. The summed E-state index contributed by atoms with van der Waals surface area (Å²) in [5.74, 6) is 0.909. The molecule has 1 aromatic carbocycles. The van der Waals surface area contributed by atoms with Crippen LogP contribution in [0, 0.1) is 0 Å². The van der Waals surface area contributed by atoms with Crippen molar-refractivity contribution < 1.29 is 4.74 Å². The van der Waals surface area contributed by atoms with Crippen LogP contribution in [0.4, 0.5) is 5.69 Å². The first kappa shape index (κ1) is 12.4. The number of benzene rings is 1. The van der Waals surface area contributed by atoms with Gasteiger partial charge in [0, 0.05) is 6.07 Å². The van der Waals surface area contributed by atoms with Gasteiger partial charge in [-0.3, -0.25) is 0 Å². The number of amidine groups is 1. The highest BCUT2D eigenvalue weighted by Crippen LogP contribution is 2.35. The summed E-state index contributed by atoms with van der Waals surface area (Å²) in [7, 11) is 1.51. The molecule has 15 heavy (non-hydrogen) atoms. The monoisotopic (exact) mass is 266 g/mol. The van der Waals surface area contributed by atoms with Crippen molar-refractivity contribution in [3.05, 3.63) is 22.2 Å². The summed E-state index contributed by atoms with van der Waals surface area (Å²) in [6.45, 7) is 0. The van der Waals surface area contributed by atoms with Crippen molar-refractivity contribution in [2.45, 2.75) is 0 Å². The Labute approximate surface area is 103 Å². The Bertz CT molecular complexity index is 393. The number of ether oxygens (including phenoxy) is 1. The summed E-state index contributed by atoms with van der Waals surface area (Å²) in [6.07, 6.45) is 0. The van der Waals surface area contributed by atoms with E-state index in [0.717, 1.165) is 0 Å². The summed E-state index contributed by atoms with van der Waals surface area (Å²) in [6, 6.07) is 3.15. The fourth-order valence-electron chi connectivity index (χ4n) is 0.945. The third-order valence-electron chi connectivity index (χ3n) is 1.62. The number of aliphatic imine (C=N–C) groups is 1. The fraction of sp³-hybridized carbons (Fsp3) is 0.222. The Balaban J connectivity index is 3.19. The van der Waals surface area contributed by atoms with Crippen LogP contribution in [0.1, 0.15) is 0 Å². The second kappa shape index (κ2) is 5.45. The van der Waals surface area contributed by atoms with Crippen LogP contribution < -0.4 is 10.5 Å². The van der Waals surface area contributed by atoms with Crippen LogP contribution in [0.25, 0.3) is 0 Å². The van der Waals surface area contributed by atoms with Crippen molar-refractivity contribution in [3.8, 4) is 5.75 Å². The van der Waals surface area contributed by atoms with E-state index in [4.69, 9.17) is 45.3 Å². The first-order valence-corrected chi connectivity index (χ1v) is 5.29. The van der Waals surface area contributed by atoms with Crippen molar-refractivity contribution in [3.63, 3.8) is 0 Å². The second-order valence-corrected chi connectivity index (χ2v) is 3.76. The predicted molar refractivity (Wildman–Crippen MR) is 65.0 cm³/mol. The van der Waals surface area contributed by atoms with Gasteiger partial charge in [-0.05, 0) is 6.07 Å². The van der Waals surface area contributed by atoms with Gasteiger partial charge in [0.2, 0.25) is 0 Å². The predicted octanol–water partition coefficient (Wildman–Crippen LogP) is 3.23. The smallest absolute Gasteiger partial charge is 0.139 e. The third kappa shape index (κ3) is 3.16. The van der Waals surface area contributed by atoms with E-state index in [-0.39, 0.29) is 11.7 Å². The van der Waals surface area contributed by atoms with E-state index < -0.39 is 0 Å². The van der Waals surface area contributed by atoms with Crippen molar-refractivity contribution in [2.24, 2.45) is 10.7 Å². The summed E-state index contributed by atoms with van der Waals surface area (Å²) in [5.41, 5.74) is 5.97. The molecule has 0 saturated carbocycles. The fourth-order valence-corrected chi connectivity index (χ4v) is 1.51. The molecule has 0 bridgehead atoms. The Hall–Kier alpha value is -0.640. The minimum atomic E-state index is 0.140. The minimum Gasteiger partial charge on any atom is -0.495 e. The maximum atomic E-state index is 5.91. The summed E-state index contributed by atoms with van der Waals surface area (Å²) < 4.78 is 5.02. The molecule has 0 amide bonds. The summed E-state index contributed by atoms with van der Waals surface area (Å²) in [4.78, 5) is 4.02. The zero-order valence-corrected chi connectivity index (χ0v) is 10.2. The molecule has 3 nitrogen and oxygen atoms in total. The molecule has 1 aromatic rings. The van der Waals surface area contributed by atoms with Crippen LogP contribution in [0.15, 0.2) is 17.1 Å². The van der Waals surface area contributed by atoms with Gasteiger partial charge in [0.25, 0.3) is 0 Å². The lowest BCUT2D eigenvalue weighted by atomic mass is 10.3. The lowest BCUT2D eigenvalue weighted by molar-refractivity contribution is 0.415. The van der Waals surface area contributed by atoms with E-state index in [0.29, 0.717) is 21.5 Å². The van der Waals surface area contributed by atoms with Gasteiger partial charge in [0.05, 0.1) is 28.7 Å². The second-order valence-electron chi connectivity index (χ2n) is 2.67. The maximum Gasteiger partial charge on any atom is 0.139 e. The van der Waals surface area contributed by atoms with Crippen molar-refractivity contribution in [1.82, 2.24) is 0 Å². The van der Waals surface area contributed by atoms with Crippen LogP contribution in [0.3, 0.4) is 0 Å². The number of methoxy groups -OCH3 is 1. The van der Waals surface area contributed by atoms with Crippen LogP contribution in [-0.4, -0.2) is 18.8 Å². The third-order valence-corrected chi connectivity index (χ3v) is 2.49. The number of hydrogen-bond acceptors (Lipinski definition) is 2. The number of nitrogens with zero attached hydrogens (tertiary/aromatic N) is 1. The highest BCUT2D eigenvalue weighted by atomic mass is 35.5. The van der Waals surface area contributed by atoms with Gasteiger partial charge < -0.3 is 10.5 Å². The largest absolute Gasteiger partial charge is 0.495 e. The summed E-state index contributed by atoms with van der Waals surface area (Å²) >= 11 is 17.3. The summed E-state index contributed by atoms with van der Waals surface area (Å²) in [5, 5.41) is 0.819. The van der Waals surface area contributed by atoms with E-state index in [2.05, 4.69) is 4.99 Å². The van der Waals surface area contributed by atoms with Crippen molar-refractivity contribution >= 4 is 46.3 Å². The molecule has 0 saturated heterocycles. The SMILES string of the molecule is COc1cc(N=C(N)CCl)c(Cl)cc1Cl. The molecule has 0 aliphatic rings. The average Bonchev–Trinajstić information content (AvgIpc) is 2.21. The number of alkyl halides is 1. The maximum absolute atomic E-state index is 5.91. The molecule has 0 atom stereocenters. The first-order valence-electron chi connectivity index (χ1n) is 4.00. The van der Waals surface area contributed by atoms with Gasteiger partial charge in [0.15, 0.2) is 0 Å². The van der Waals surface area contributed by atoms with E-state index in [1.54, 1.807) is 12.1 Å². The topological polar surface area (TPSA) is 47.6 Å². The standard InChI is InChI=1S/C9H9Cl3N2O/c1-15-8-3-7(14-9(13)4-10)5(11)2-6(8)12/h2-3H,4H2,1H3,(H2,13,14). The number of halogens is 3. The zero-order chi connectivity index (χ0) is 11.4. The van der Waals surface area contributed by atoms with E-state index in [1.807, 2.05) is 0 Å². The number of hydrogen-bond donors (Lipinski definition) is 1. The van der Waals surface area contributed by atoms with Gasteiger partial charge in [0.1, 0.15) is 11.6 Å². The molecule has 2 N–H and O–H groups in total. The molecule has 0 spiro atoms. The van der Waals surface area contributed by atoms with Crippen molar-refractivity contribution in [2.75, 3.05) is 13.0 Å². The lowest BCUT2D eigenvalue weighted by Crippen LogP contribution is -2.12. The highest BCUT2D eigenvalue weighted by Gasteiger charge is 2.07. The van der Waals surface area contributed by atoms with Gasteiger partial charge in [-0.25, -0.2) is 4.99 Å². The van der Waals surface area contributed by atoms with E-state index >= 15 is 0 Å². The lowest BCUT2D eigenvalue weighted by Gasteiger charge is -2.06. The quantitative estimate of drug-likeness (QED) is 0.519. The Morgan fingerprint density at radius 1 is 1.40 bits per heavy atom. The van der Waals surface area contributed by atoms with Crippen LogP contribution in [-0.2, 0) is 0 Å². The average molecular weight is 268 g/mol. The molecular formula is C9H9Cl3N2O. The molecule has 0 radical (unpaired) electrons.